The van der Waals surface area contributed by atoms with Crippen LogP contribution in [-0.2, 0) is 0 Å². The summed E-state index contributed by atoms with van der Waals surface area (Å²) in [5.41, 5.74) is 8.72. The SMILES string of the molecule is CC(=O)c1cc(Cl)c(N)c(C)c1C. The largest absolute Gasteiger partial charge is 0.397 e. The molecule has 13 heavy (non-hydrogen) atoms. The number of hydrogen-bond donors (Lipinski definition) is 1. The van der Waals surface area contributed by atoms with Crippen LogP contribution in [0.25, 0.3) is 0 Å². The molecule has 3 heteroatoms. The summed E-state index contributed by atoms with van der Waals surface area (Å²) >= 11 is 5.86. The highest BCUT2D eigenvalue weighted by molar-refractivity contribution is 6.33. The Balaban J connectivity index is 3.50. The molecular formula is C10H12ClNO. The van der Waals surface area contributed by atoms with E-state index in [1.807, 2.05) is 13.8 Å². The van der Waals surface area contributed by atoms with Crippen LogP contribution in [-0.4, -0.2) is 5.78 Å². The summed E-state index contributed by atoms with van der Waals surface area (Å²) in [5.74, 6) is 0.0162. The van der Waals surface area contributed by atoms with E-state index in [0.717, 1.165) is 11.1 Å². The highest BCUT2D eigenvalue weighted by atomic mass is 35.5. The Morgan fingerprint density at radius 2 is 1.92 bits per heavy atom. The van der Waals surface area contributed by atoms with Crippen LogP contribution in [0.15, 0.2) is 6.07 Å². The third-order valence-electron chi connectivity index (χ3n) is 2.28. The summed E-state index contributed by atoms with van der Waals surface area (Å²) in [7, 11) is 0. The minimum absolute atomic E-state index is 0.0162. The van der Waals surface area contributed by atoms with E-state index in [4.69, 9.17) is 17.3 Å². The van der Waals surface area contributed by atoms with Crippen LogP contribution in [0, 0.1) is 13.8 Å². The van der Waals surface area contributed by atoms with E-state index in [2.05, 4.69) is 0 Å². The molecule has 1 aromatic rings. The molecule has 0 spiro atoms. The molecule has 0 fully saturated rings. The van der Waals surface area contributed by atoms with E-state index in [9.17, 15) is 4.79 Å². The average molecular weight is 198 g/mol. The van der Waals surface area contributed by atoms with Crippen LogP contribution in [0.4, 0.5) is 5.69 Å². The molecule has 0 aliphatic rings. The minimum Gasteiger partial charge on any atom is -0.397 e. The molecule has 70 valence electrons. The molecule has 0 amide bonds. The van der Waals surface area contributed by atoms with Gasteiger partial charge in [-0.25, -0.2) is 0 Å². The number of ketones is 1. The molecule has 0 unspecified atom stereocenters. The lowest BCUT2D eigenvalue weighted by molar-refractivity contribution is 0.101. The molecule has 0 radical (unpaired) electrons. The van der Waals surface area contributed by atoms with Crippen molar-refractivity contribution in [2.24, 2.45) is 0 Å². The summed E-state index contributed by atoms with van der Waals surface area (Å²) in [5, 5.41) is 0.452. The van der Waals surface area contributed by atoms with Crippen molar-refractivity contribution in [1.82, 2.24) is 0 Å². The summed E-state index contributed by atoms with van der Waals surface area (Å²) in [6, 6.07) is 1.63. The number of halogens is 1. The molecular weight excluding hydrogens is 186 g/mol. The zero-order valence-electron chi connectivity index (χ0n) is 7.94. The summed E-state index contributed by atoms with van der Waals surface area (Å²) in [6.07, 6.45) is 0. The van der Waals surface area contributed by atoms with E-state index in [1.165, 1.54) is 6.92 Å². The first kappa shape index (κ1) is 10.1. The number of Topliss-reactive ketones (excluding diaryl/α,β-unsaturated/α-hetero) is 1. The smallest absolute Gasteiger partial charge is 0.160 e. The summed E-state index contributed by atoms with van der Waals surface area (Å²) < 4.78 is 0. The van der Waals surface area contributed by atoms with Gasteiger partial charge in [-0.3, -0.25) is 4.79 Å². The van der Waals surface area contributed by atoms with Crippen molar-refractivity contribution in [2.75, 3.05) is 5.73 Å². The van der Waals surface area contributed by atoms with Gasteiger partial charge in [-0.15, -0.1) is 0 Å². The van der Waals surface area contributed by atoms with E-state index < -0.39 is 0 Å². The Kier molecular flexibility index (Phi) is 2.62. The number of rotatable bonds is 1. The van der Waals surface area contributed by atoms with Crippen LogP contribution in [0.1, 0.15) is 28.4 Å². The molecule has 1 aromatic carbocycles. The van der Waals surface area contributed by atoms with Gasteiger partial charge in [0.25, 0.3) is 0 Å². The van der Waals surface area contributed by atoms with Crippen LogP contribution < -0.4 is 5.73 Å². The van der Waals surface area contributed by atoms with Gasteiger partial charge in [-0.2, -0.15) is 0 Å². The Bertz CT molecular complexity index is 372. The Labute approximate surface area is 82.7 Å². The second kappa shape index (κ2) is 3.38. The summed E-state index contributed by atoms with van der Waals surface area (Å²) in [6.45, 7) is 5.26. The fraction of sp³-hybridized carbons (Fsp3) is 0.300. The second-order valence-corrected chi connectivity index (χ2v) is 3.53. The highest BCUT2D eigenvalue weighted by Crippen LogP contribution is 2.28. The maximum Gasteiger partial charge on any atom is 0.160 e. The first-order valence-electron chi connectivity index (χ1n) is 4.01. The number of nitrogens with two attached hydrogens (primary N) is 1. The van der Waals surface area contributed by atoms with Crippen LogP contribution in [0.3, 0.4) is 0 Å². The predicted molar refractivity (Wildman–Crippen MR) is 55.3 cm³/mol. The number of carbonyl (C=O) groups is 1. The molecule has 1 rings (SSSR count). The lowest BCUT2D eigenvalue weighted by atomic mass is 9.99. The first-order chi connectivity index (χ1) is 5.95. The minimum atomic E-state index is 0.0162. The third-order valence-corrected chi connectivity index (χ3v) is 2.59. The fourth-order valence-electron chi connectivity index (χ4n) is 1.26. The number of benzene rings is 1. The zero-order chi connectivity index (χ0) is 10.2. The van der Waals surface area contributed by atoms with Crippen molar-refractivity contribution in [3.63, 3.8) is 0 Å². The first-order valence-corrected chi connectivity index (χ1v) is 4.39. The van der Waals surface area contributed by atoms with Gasteiger partial charge in [0, 0.05) is 5.56 Å². The van der Waals surface area contributed by atoms with Crippen molar-refractivity contribution in [3.8, 4) is 0 Å². The van der Waals surface area contributed by atoms with Gasteiger partial charge in [-0.05, 0) is 38.0 Å². The van der Waals surface area contributed by atoms with Gasteiger partial charge in [0.1, 0.15) is 0 Å². The molecule has 0 bridgehead atoms. The summed E-state index contributed by atoms with van der Waals surface area (Å²) in [4.78, 5) is 11.2. The van der Waals surface area contributed by atoms with E-state index >= 15 is 0 Å². The lowest BCUT2D eigenvalue weighted by Gasteiger charge is -2.10. The second-order valence-electron chi connectivity index (χ2n) is 3.13. The molecule has 0 aliphatic heterocycles. The van der Waals surface area contributed by atoms with Crippen molar-refractivity contribution in [2.45, 2.75) is 20.8 Å². The van der Waals surface area contributed by atoms with Gasteiger partial charge in [0.2, 0.25) is 0 Å². The van der Waals surface area contributed by atoms with Crippen LogP contribution in [0.5, 0.6) is 0 Å². The van der Waals surface area contributed by atoms with Crippen LogP contribution >= 0.6 is 11.6 Å². The molecule has 0 saturated carbocycles. The Morgan fingerprint density at radius 1 is 1.38 bits per heavy atom. The molecule has 2 N–H and O–H groups in total. The average Bonchev–Trinajstić information content (AvgIpc) is 2.07. The van der Waals surface area contributed by atoms with Crippen molar-refractivity contribution in [1.29, 1.82) is 0 Å². The maximum absolute atomic E-state index is 11.2. The predicted octanol–water partition coefficient (Wildman–Crippen LogP) is 2.74. The van der Waals surface area contributed by atoms with Crippen molar-refractivity contribution >= 4 is 23.1 Å². The normalized spacial score (nSPS) is 10.2. The van der Waals surface area contributed by atoms with Gasteiger partial charge >= 0.3 is 0 Å². The third kappa shape index (κ3) is 1.68. The Hall–Kier alpha value is -1.02. The van der Waals surface area contributed by atoms with Crippen molar-refractivity contribution in [3.05, 3.63) is 27.8 Å². The quantitative estimate of drug-likeness (QED) is 0.556. The highest BCUT2D eigenvalue weighted by Gasteiger charge is 2.11. The van der Waals surface area contributed by atoms with Gasteiger partial charge in [0.05, 0.1) is 10.7 Å². The number of carbonyl (C=O) groups excluding carboxylic acids is 1. The number of anilines is 1. The van der Waals surface area contributed by atoms with E-state index in [-0.39, 0.29) is 5.78 Å². The molecule has 0 heterocycles. The zero-order valence-corrected chi connectivity index (χ0v) is 8.70. The topological polar surface area (TPSA) is 43.1 Å². The molecule has 0 aliphatic carbocycles. The lowest BCUT2D eigenvalue weighted by Crippen LogP contribution is -2.02. The monoisotopic (exact) mass is 197 g/mol. The van der Waals surface area contributed by atoms with Gasteiger partial charge < -0.3 is 5.73 Å². The van der Waals surface area contributed by atoms with Crippen LogP contribution in [0.2, 0.25) is 5.02 Å². The van der Waals surface area contributed by atoms with Crippen molar-refractivity contribution < 1.29 is 4.79 Å². The number of hydrogen-bond acceptors (Lipinski definition) is 2. The van der Waals surface area contributed by atoms with Gasteiger partial charge in [-0.1, -0.05) is 11.6 Å². The Morgan fingerprint density at radius 3 is 2.38 bits per heavy atom. The number of nitrogen functional groups attached to an aromatic ring is 1. The molecule has 0 atom stereocenters. The molecule has 0 saturated heterocycles. The standard InChI is InChI=1S/C10H12ClNO/c1-5-6(2)10(12)9(11)4-8(5)7(3)13/h4H,12H2,1-3H3. The van der Waals surface area contributed by atoms with E-state index in [0.29, 0.717) is 16.3 Å². The maximum atomic E-state index is 11.2. The van der Waals surface area contributed by atoms with Gasteiger partial charge in [0.15, 0.2) is 5.78 Å². The fourth-order valence-corrected chi connectivity index (χ4v) is 1.51. The molecule has 2 nitrogen and oxygen atoms in total. The molecule has 0 aromatic heterocycles. The van der Waals surface area contributed by atoms with E-state index in [1.54, 1.807) is 6.07 Å².